The highest BCUT2D eigenvalue weighted by Crippen LogP contribution is 2.62. The summed E-state index contributed by atoms with van der Waals surface area (Å²) < 4.78 is 15.3. The van der Waals surface area contributed by atoms with Crippen LogP contribution in [0.3, 0.4) is 0 Å². The van der Waals surface area contributed by atoms with Crippen molar-refractivity contribution in [2.45, 2.75) is 66.2 Å². The fourth-order valence-corrected chi connectivity index (χ4v) is 9.48. The molecule has 1 unspecified atom stereocenters. The highest BCUT2D eigenvalue weighted by molar-refractivity contribution is 7.83. The van der Waals surface area contributed by atoms with Gasteiger partial charge in [-0.2, -0.15) is 0 Å². The second-order valence-corrected chi connectivity index (χ2v) is 13.7. The summed E-state index contributed by atoms with van der Waals surface area (Å²) in [6.07, 6.45) is 6.28. The number of nitrogens with zero attached hydrogens (tertiary/aromatic N) is 1. The molecule has 3 heteroatoms. The van der Waals surface area contributed by atoms with Crippen molar-refractivity contribution in [3.63, 3.8) is 0 Å². The lowest BCUT2D eigenvalue weighted by Gasteiger charge is -2.20. The van der Waals surface area contributed by atoms with Gasteiger partial charge in [0.1, 0.15) is 0 Å². The number of unbranched alkanes of at least 4 members (excludes halogenated alkanes) is 2. The zero-order chi connectivity index (χ0) is 28.8. The Morgan fingerprint density at radius 3 is 2.02 bits per heavy atom. The smallest absolute Gasteiger partial charge is 0.168 e. The lowest BCUT2D eigenvalue weighted by Crippen LogP contribution is -2.21. The molecule has 0 amide bonds. The SMILES string of the molecule is CCCCC1=C(CCCC)P(=O)(c2ccccc2)c2cc3cc(C#Cc4ccc(N(CC)CC)cc4)ccc3cc21. The summed E-state index contributed by atoms with van der Waals surface area (Å²) in [5, 5.41) is 5.46. The van der Waals surface area contributed by atoms with Gasteiger partial charge < -0.3 is 9.46 Å². The van der Waals surface area contributed by atoms with Crippen molar-refractivity contribution in [1.82, 2.24) is 0 Å². The van der Waals surface area contributed by atoms with E-state index < -0.39 is 7.14 Å². The van der Waals surface area contributed by atoms with Gasteiger partial charge in [0.25, 0.3) is 0 Å². The van der Waals surface area contributed by atoms with Crippen LogP contribution in [0.1, 0.15) is 82.9 Å². The van der Waals surface area contributed by atoms with Gasteiger partial charge in [0, 0.05) is 45.8 Å². The van der Waals surface area contributed by atoms with Crippen LogP contribution < -0.4 is 15.5 Å². The molecule has 0 radical (unpaired) electrons. The quantitative estimate of drug-likeness (QED) is 0.142. The maximum absolute atomic E-state index is 15.3. The Hall–Kier alpha value is -3.53. The Morgan fingerprint density at radius 2 is 1.34 bits per heavy atom. The molecule has 0 spiro atoms. The standard InChI is InChI=1S/C38H42NOP/c1-5-9-16-35-36-27-31-23-20-30(19-18-29-21-24-33(25-22-29)39(7-3)8-4)26-32(31)28-38(36)41(40,37(35)17-10-6-2)34-14-12-11-13-15-34/h11-15,20-28H,5-10,16-17H2,1-4H3. The minimum absolute atomic E-state index is 0.899. The molecule has 0 bridgehead atoms. The molecule has 4 aromatic rings. The van der Waals surface area contributed by atoms with Crippen LogP contribution in [0.2, 0.25) is 0 Å². The Morgan fingerprint density at radius 1 is 0.683 bits per heavy atom. The van der Waals surface area contributed by atoms with Gasteiger partial charge in [-0.25, -0.2) is 0 Å². The topological polar surface area (TPSA) is 20.3 Å². The zero-order valence-corrected chi connectivity index (χ0v) is 25.9. The number of fused-ring (bicyclic) bond motifs is 2. The molecule has 1 atom stereocenters. The predicted molar refractivity (Wildman–Crippen MR) is 179 cm³/mol. The second-order valence-electron chi connectivity index (χ2n) is 11.0. The number of hydrogen-bond acceptors (Lipinski definition) is 2. The van der Waals surface area contributed by atoms with Crippen LogP contribution in [0.25, 0.3) is 16.3 Å². The molecule has 210 valence electrons. The van der Waals surface area contributed by atoms with Crippen LogP contribution in [0, 0.1) is 11.8 Å². The molecular weight excluding hydrogens is 517 g/mol. The maximum Gasteiger partial charge on any atom is 0.168 e. The first-order valence-electron chi connectivity index (χ1n) is 15.4. The van der Waals surface area contributed by atoms with E-state index in [-0.39, 0.29) is 0 Å². The molecule has 0 aromatic heterocycles. The van der Waals surface area contributed by atoms with Crippen molar-refractivity contribution in [2.24, 2.45) is 0 Å². The van der Waals surface area contributed by atoms with E-state index in [1.54, 1.807) is 0 Å². The highest BCUT2D eigenvalue weighted by atomic mass is 31.2. The lowest BCUT2D eigenvalue weighted by molar-refractivity contribution is 0.589. The number of allylic oxidation sites excluding steroid dienone is 2. The van der Waals surface area contributed by atoms with Gasteiger partial charge >= 0.3 is 0 Å². The maximum atomic E-state index is 15.3. The molecule has 0 saturated carbocycles. The van der Waals surface area contributed by atoms with Gasteiger partial charge in [-0.05, 0) is 110 Å². The zero-order valence-electron chi connectivity index (χ0n) is 25.0. The summed E-state index contributed by atoms with van der Waals surface area (Å²) in [5.41, 5.74) is 5.75. The van der Waals surface area contributed by atoms with Crippen LogP contribution >= 0.6 is 7.14 Å². The summed E-state index contributed by atoms with van der Waals surface area (Å²) in [5.74, 6) is 6.73. The number of hydrogen-bond donors (Lipinski definition) is 0. The Balaban J connectivity index is 1.57. The molecule has 5 rings (SSSR count). The van der Waals surface area contributed by atoms with E-state index >= 15 is 4.57 Å². The summed E-state index contributed by atoms with van der Waals surface area (Å²) in [4.78, 5) is 2.34. The van der Waals surface area contributed by atoms with Crippen molar-refractivity contribution in [3.05, 3.63) is 107 Å². The van der Waals surface area contributed by atoms with Crippen LogP contribution in [-0.2, 0) is 4.57 Å². The summed E-state index contributed by atoms with van der Waals surface area (Å²) in [6, 6.07) is 29.7. The van der Waals surface area contributed by atoms with E-state index in [0.29, 0.717) is 0 Å². The van der Waals surface area contributed by atoms with Crippen molar-refractivity contribution < 1.29 is 4.57 Å². The number of benzene rings is 4. The summed E-state index contributed by atoms with van der Waals surface area (Å²) >= 11 is 0. The normalized spacial score (nSPS) is 16.0. The first-order valence-corrected chi connectivity index (χ1v) is 17.1. The Bertz CT molecular complexity index is 1650. The van der Waals surface area contributed by atoms with Gasteiger partial charge in [-0.15, -0.1) is 0 Å². The molecule has 0 aliphatic carbocycles. The molecule has 4 aromatic carbocycles. The molecule has 2 nitrogen and oxygen atoms in total. The third-order valence-electron chi connectivity index (χ3n) is 8.36. The summed E-state index contributed by atoms with van der Waals surface area (Å²) in [6.45, 7) is 10.8. The van der Waals surface area contributed by atoms with Crippen LogP contribution in [0.4, 0.5) is 5.69 Å². The van der Waals surface area contributed by atoms with Crippen molar-refractivity contribution >= 4 is 39.8 Å². The molecule has 1 aliphatic heterocycles. The number of anilines is 1. The Labute approximate surface area is 246 Å². The van der Waals surface area contributed by atoms with Crippen LogP contribution in [0.5, 0.6) is 0 Å². The number of rotatable bonds is 10. The van der Waals surface area contributed by atoms with Gasteiger partial charge in [-0.1, -0.05) is 74.9 Å². The van der Waals surface area contributed by atoms with Gasteiger partial charge in [-0.3, -0.25) is 0 Å². The second kappa shape index (κ2) is 13.0. The molecule has 0 saturated heterocycles. The van der Waals surface area contributed by atoms with E-state index in [4.69, 9.17) is 0 Å². The summed E-state index contributed by atoms with van der Waals surface area (Å²) in [7, 11) is -2.91. The van der Waals surface area contributed by atoms with Crippen molar-refractivity contribution in [2.75, 3.05) is 18.0 Å². The van der Waals surface area contributed by atoms with E-state index in [0.717, 1.165) is 78.7 Å². The fraction of sp³-hybridized carbons (Fsp3) is 0.316. The third kappa shape index (κ3) is 5.80. The van der Waals surface area contributed by atoms with E-state index in [2.05, 4.69) is 111 Å². The minimum Gasteiger partial charge on any atom is -0.372 e. The first kappa shape index (κ1) is 29.0. The van der Waals surface area contributed by atoms with Gasteiger partial charge in [0.2, 0.25) is 0 Å². The van der Waals surface area contributed by atoms with Crippen LogP contribution in [0.15, 0.2) is 90.2 Å². The fourth-order valence-electron chi connectivity index (χ4n) is 6.06. The van der Waals surface area contributed by atoms with Crippen molar-refractivity contribution in [3.8, 4) is 11.8 Å². The predicted octanol–water partition coefficient (Wildman–Crippen LogP) is 9.50. The molecule has 0 fully saturated rings. The average molecular weight is 560 g/mol. The van der Waals surface area contributed by atoms with E-state index in [9.17, 15) is 0 Å². The van der Waals surface area contributed by atoms with E-state index in [1.165, 1.54) is 27.5 Å². The van der Waals surface area contributed by atoms with E-state index in [1.807, 2.05) is 18.2 Å². The molecule has 1 aliphatic rings. The monoisotopic (exact) mass is 559 g/mol. The largest absolute Gasteiger partial charge is 0.372 e. The average Bonchev–Trinajstić information content (AvgIpc) is 3.25. The first-order chi connectivity index (χ1) is 20.0. The van der Waals surface area contributed by atoms with Gasteiger partial charge in [0.05, 0.1) is 0 Å². The molecule has 1 heterocycles. The van der Waals surface area contributed by atoms with Crippen LogP contribution in [-0.4, -0.2) is 13.1 Å². The van der Waals surface area contributed by atoms with Gasteiger partial charge in [0.15, 0.2) is 7.14 Å². The molecular formula is C38H42NOP. The lowest BCUT2D eigenvalue weighted by atomic mass is 9.95. The highest BCUT2D eigenvalue weighted by Gasteiger charge is 2.41. The molecule has 41 heavy (non-hydrogen) atoms. The molecule has 0 N–H and O–H groups in total. The third-order valence-corrected chi connectivity index (χ3v) is 11.7. The van der Waals surface area contributed by atoms with Crippen molar-refractivity contribution in [1.29, 1.82) is 0 Å². The minimum atomic E-state index is -2.91. The Kier molecular flexibility index (Phi) is 9.17.